The van der Waals surface area contributed by atoms with Crippen molar-refractivity contribution in [2.24, 2.45) is 0 Å². The third-order valence-electron chi connectivity index (χ3n) is 1.99. The van der Waals surface area contributed by atoms with Crippen LogP contribution < -0.4 is 4.57 Å². The summed E-state index contributed by atoms with van der Waals surface area (Å²) in [6.45, 7) is 6.92. The van der Waals surface area contributed by atoms with Gasteiger partial charge in [0.05, 0.1) is 12.7 Å². The third-order valence-corrected chi connectivity index (χ3v) is 1.99. The Morgan fingerprint density at radius 2 is 2.00 bits per heavy atom. The topological polar surface area (TPSA) is 28.5 Å². The van der Waals surface area contributed by atoms with Gasteiger partial charge in [0.25, 0.3) is 5.65 Å². The molecule has 1 N–H and O–H groups in total. The molecule has 2 rings (SSSR count). The first-order valence-corrected chi connectivity index (χ1v) is 5.01. The molecule has 0 unspecified atom stereocenters. The average Bonchev–Trinajstić information content (AvgIpc) is 2.59. The minimum atomic E-state index is 0. The fourth-order valence-corrected chi connectivity index (χ4v) is 1.38. The predicted molar refractivity (Wildman–Crippen MR) is 56.3 cm³/mol. The Hall–Kier alpha value is -0.406. The summed E-state index contributed by atoms with van der Waals surface area (Å²) in [5, 5.41) is 9.47. The van der Waals surface area contributed by atoms with E-state index >= 15 is 0 Å². The molecule has 2 heterocycles. The fourth-order valence-electron chi connectivity index (χ4n) is 1.38. The van der Waals surface area contributed by atoms with Gasteiger partial charge in [0, 0.05) is 38.8 Å². The molecule has 0 saturated carbocycles. The smallest absolute Gasteiger partial charge is 0.327 e. The minimum Gasteiger partial charge on any atom is -0.475 e. The number of fused-ring (bicyclic) bond motifs is 1. The van der Waals surface area contributed by atoms with Crippen molar-refractivity contribution in [3.63, 3.8) is 0 Å². The fraction of sp³-hybridized carbons (Fsp3) is 0.364. The second kappa shape index (κ2) is 6.97. The standard InChI is InChI=1S/C9H10N2O.C2H6.Y/c1-2-10-7-9(12)11-6-4-3-5-8(10)11;1-2;/h3-7H,2H2,1H3;1-2H3;/p+1. The number of aromatic hydroxyl groups is 1. The second-order valence-corrected chi connectivity index (χ2v) is 2.70. The van der Waals surface area contributed by atoms with Gasteiger partial charge in [-0.2, -0.15) is 4.40 Å². The summed E-state index contributed by atoms with van der Waals surface area (Å²) in [6.07, 6.45) is 3.58. The molecular weight excluding hydrogens is 265 g/mol. The summed E-state index contributed by atoms with van der Waals surface area (Å²) in [5.74, 6) is 0.285. The molecule has 1 radical (unpaired) electrons. The van der Waals surface area contributed by atoms with Crippen LogP contribution in [0.15, 0.2) is 30.6 Å². The number of pyridine rings is 1. The van der Waals surface area contributed by atoms with Crippen LogP contribution in [0.5, 0.6) is 5.88 Å². The summed E-state index contributed by atoms with van der Waals surface area (Å²) < 4.78 is 3.75. The first kappa shape index (κ1) is 14.6. The van der Waals surface area contributed by atoms with Gasteiger partial charge < -0.3 is 5.11 Å². The Balaban J connectivity index is 0.000000617. The second-order valence-electron chi connectivity index (χ2n) is 2.70. The molecule has 0 aliphatic heterocycles. The van der Waals surface area contributed by atoms with E-state index < -0.39 is 0 Å². The molecule has 0 bridgehead atoms. The molecule has 0 aliphatic rings. The first-order chi connectivity index (χ1) is 6.83. The van der Waals surface area contributed by atoms with Gasteiger partial charge in [-0.25, -0.2) is 4.57 Å². The molecule has 2 aromatic heterocycles. The number of aromatic nitrogens is 2. The number of hydrogen-bond donors (Lipinski definition) is 1. The maximum atomic E-state index is 9.47. The summed E-state index contributed by atoms with van der Waals surface area (Å²) in [5.41, 5.74) is 1.01. The Morgan fingerprint density at radius 3 is 2.60 bits per heavy atom. The Kier molecular flexibility index (Phi) is 6.78. The normalized spacial score (nSPS) is 9.00. The van der Waals surface area contributed by atoms with E-state index in [-0.39, 0.29) is 38.6 Å². The van der Waals surface area contributed by atoms with E-state index in [0.29, 0.717) is 0 Å². The molecule has 0 aliphatic carbocycles. The Morgan fingerprint density at radius 1 is 1.33 bits per heavy atom. The number of imidazole rings is 1. The van der Waals surface area contributed by atoms with E-state index in [2.05, 4.69) is 0 Å². The van der Waals surface area contributed by atoms with E-state index in [1.807, 2.05) is 49.7 Å². The molecule has 0 aromatic carbocycles. The SMILES string of the molecule is CC.CC[n+]1cc(O)n2ccccc21.[Y]. The Labute approximate surface area is 116 Å². The van der Waals surface area contributed by atoms with Crippen LogP contribution in [-0.2, 0) is 39.3 Å². The van der Waals surface area contributed by atoms with Crippen LogP contribution in [0, 0.1) is 0 Å². The molecule has 79 valence electrons. The van der Waals surface area contributed by atoms with E-state index in [1.54, 1.807) is 10.6 Å². The summed E-state index contributed by atoms with van der Waals surface area (Å²) in [4.78, 5) is 0. The van der Waals surface area contributed by atoms with E-state index in [9.17, 15) is 5.11 Å². The summed E-state index contributed by atoms with van der Waals surface area (Å²) in [6, 6.07) is 5.83. The van der Waals surface area contributed by atoms with Crippen molar-refractivity contribution < 1.29 is 42.4 Å². The number of rotatable bonds is 1. The van der Waals surface area contributed by atoms with E-state index in [4.69, 9.17) is 0 Å². The molecule has 3 nitrogen and oxygen atoms in total. The van der Waals surface area contributed by atoms with Crippen molar-refractivity contribution in [3.05, 3.63) is 30.6 Å². The molecule has 0 spiro atoms. The molecule has 0 saturated heterocycles. The zero-order valence-electron chi connectivity index (χ0n) is 9.51. The van der Waals surface area contributed by atoms with Gasteiger partial charge in [-0.3, -0.25) is 0 Å². The van der Waals surface area contributed by atoms with E-state index in [1.165, 1.54) is 0 Å². The quantitative estimate of drug-likeness (QED) is 0.796. The van der Waals surface area contributed by atoms with Crippen LogP contribution in [0.1, 0.15) is 20.8 Å². The third kappa shape index (κ3) is 3.02. The largest absolute Gasteiger partial charge is 0.475 e. The summed E-state index contributed by atoms with van der Waals surface area (Å²) in [7, 11) is 0. The van der Waals surface area contributed by atoms with Gasteiger partial charge in [-0.05, 0) is 13.0 Å². The summed E-state index contributed by atoms with van der Waals surface area (Å²) >= 11 is 0. The molecule has 0 amide bonds. The van der Waals surface area contributed by atoms with Crippen LogP contribution in [0.3, 0.4) is 0 Å². The van der Waals surface area contributed by atoms with Crippen LogP contribution in [0.2, 0.25) is 0 Å². The molecule has 0 atom stereocenters. The van der Waals surface area contributed by atoms with Gasteiger partial charge >= 0.3 is 5.88 Å². The Bertz CT molecular complexity index is 412. The van der Waals surface area contributed by atoms with Gasteiger partial charge in [-0.15, -0.1) is 0 Å². The van der Waals surface area contributed by atoms with Gasteiger partial charge in [0.1, 0.15) is 0 Å². The van der Waals surface area contributed by atoms with Crippen molar-refractivity contribution in [3.8, 4) is 5.88 Å². The van der Waals surface area contributed by atoms with Crippen LogP contribution in [0.4, 0.5) is 0 Å². The number of aryl methyl sites for hydroxylation is 1. The zero-order valence-corrected chi connectivity index (χ0v) is 12.4. The van der Waals surface area contributed by atoms with Crippen LogP contribution >= 0.6 is 0 Å². The van der Waals surface area contributed by atoms with Gasteiger partial charge in [0.15, 0.2) is 6.20 Å². The molecule has 4 heteroatoms. The minimum absolute atomic E-state index is 0. The molecule has 0 fully saturated rings. The van der Waals surface area contributed by atoms with Crippen molar-refractivity contribution >= 4 is 5.65 Å². The van der Waals surface area contributed by atoms with E-state index in [0.717, 1.165) is 12.2 Å². The van der Waals surface area contributed by atoms with Gasteiger partial charge in [0.2, 0.25) is 0 Å². The van der Waals surface area contributed by atoms with Crippen LogP contribution in [0.25, 0.3) is 5.65 Å². The van der Waals surface area contributed by atoms with Crippen molar-refractivity contribution in [2.45, 2.75) is 27.3 Å². The predicted octanol–water partition coefficient (Wildman–Crippen LogP) is 1.98. The van der Waals surface area contributed by atoms with Crippen molar-refractivity contribution in [1.82, 2.24) is 4.40 Å². The molecular formula is C11H17N2OY+. The maximum absolute atomic E-state index is 9.47. The van der Waals surface area contributed by atoms with Crippen molar-refractivity contribution in [1.29, 1.82) is 0 Å². The first-order valence-electron chi connectivity index (χ1n) is 5.01. The number of nitrogens with zero attached hydrogens (tertiary/aromatic N) is 2. The van der Waals surface area contributed by atoms with Gasteiger partial charge in [-0.1, -0.05) is 19.9 Å². The molecule has 2 aromatic rings. The monoisotopic (exact) mass is 282 g/mol. The molecule has 15 heavy (non-hydrogen) atoms. The maximum Gasteiger partial charge on any atom is 0.327 e. The average molecular weight is 282 g/mol. The van der Waals surface area contributed by atoms with Crippen LogP contribution in [-0.4, -0.2) is 9.51 Å². The zero-order chi connectivity index (χ0) is 10.6. The van der Waals surface area contributed by atoms with Crippen molar-refractivity contribution in [2.75, 3.05) is 0 Å². The number of hydrogen-bond acceptors (Lipinski definition) is 1.